The number of anilines is 3. The van der Waals surface area contributed by atoms with Crippen molar-refractivity contribution in [3.63, 3.8) is 0 Å². The van der Waals surface area contributed by atoms with Crippen molar-refractivity contribution in [1.29, 1.82) is 0 Å². The van der Waals surface area contributed by atoms with Gasteiger partial charge in [0.1, 0.15) is 33.9 Å². The topological polar surface area (TPSA) is 394 Å². The van der Waals surface area contributed by atoms with Crippen LogP contribution < -0.4 is 78.7 Å². The van der Waals surface area contributed by atoms with Gasteiger partial charge in [-0.2, -0.15) is 15.3 Å². The molecule has 31 nitrogen and oxygen atoms in total. The summed E-state index contributed by atoms with van der Waals surface area (Å²) < 4.78 is 24.5. The summed E-state index contributed by atoms with van der Waals surface area (Å²) in [5.74, 6) is 1.08. The predicted molar refractivity (Wildman–Crippen MR) is 532 cm³/mol. The standard InChI is InChI=1S/C33H38N6O3.2C28H26N6O.C10H18O5.C4H13N3.CH4.B.Na.H/c1-22-16-29(39(37-22)28-12-5-8-24(17-28)19-34)31(40)36-27-11-6-9-25(18-27)30(26-10-7-15-35-20-26)38(21-23-13-14-23)32(41)42-33(2,3)4;2*1-19-14-26(34(33-19)25-10-4-8-23(16-25)29-2)28(35)32-24-9-3-6-21(15-24)27(31-17-20-11-12-20)22-7-5-13-30-18-22;1-9(2,3)14-7(11)13-8(12)15-10(4,5)6;5-1-3-7-4-2-6;;;;/h5-12,15-18,20,23,30H,13-14,19,21,34H2,1-4H3,(H,36,40);2*3-10,13-16,18,20,27,31H,11-12,17H2,1H3,(H,32,35);1-6H3;7H,1-6H2;1H4;;;/q;;;;;;;+1;-1. The molecule has 137 heavy (non-hydrogen) atoms. The Bertz CT molecular complexity index is 5800. The Morgan fingerprint density at radius 2 is 0.803 bits per heavy atom. The van der Waals surface area contributed by atoms with Gasteiger partial charge in [0, 0.05) is 102 Å². The summed E-state index contributed by atoms with van der Waals surface area (Å²) in [5.41, 5.74) is 29.6. The Labute approximate surface area is 829 Å². The Morgan fingerprint density at radius 1 is 0.453 bits per heavy atom. The van der Waals surface area contributed by atoms with Crippen molar-refractivity contribution >= 4 is 73.0 Å². The molecule has 6 aromatic heterocycles. The number of hydrogen-bond donors (Lipinski definition) is 9. The number of benzene rings is 6. The fourth-order valence-electron chi connectivity index (χ4n) is 14.1. The zero-order chi connectivity index (χ0) is 96.1. The van der Waals surface area contributed by atoms with Gasteiger partial charge < -0.3 is 69.5 Å². The van der Waals surface area contributed by atoms with E-state index in [-0.39, 0.29) is 82.7 Å². The molecule has 3 aliphatic carbocycles. The van der Waals surface area contributed by atoms with Crippen LogP contribution in [0.2, 0.25) is 0 Å². The van der Waals surface area contributed by atoms with Gasteiger partial charge in [-0.1, -0.05) is 98.4 Å². The van der Waals surface area contributed by atoms with Crippen LogP contribution in [0.4, 0.5) is 42.8 Å². The number of aromatic nitrogens is 9. The van der Waals surface area contributed by atoms with Gasteiger partial charge >= 0.3 is 48.0 Å². The maximum absolute atomic E-state index is 13.6. The molecule has 4 amide bonds. The summed E-state index contributed by atoms with van der Waals surface area (Å²) in [4.78, 5) is 97.5. The minimum Gasteiger partial charge on any atom is -1.00 e. The molecular weight excluding hydrogens is 1740 g/mol. The monoisotopic (exact) mass is 1860 g/mol. The number of rotatable bonds is 29. The number of carbonyl (C=O) groups excluding carboxylic acids is 6. The third kappa shape index (κ3) is 34.7. The molecule has 0 aliphatic heterocycles. The van der Waals surface area contributed by atoms with Crippen molar-refractivity contribution < 1.29 is 78.7 Å². The van der Waals surface area contributed by atoms with Gasteiger partial charge in [0.25, 0.3) is 17.7 Å². The molecule has 3 saturated carbocycles. The van der Waals surface area contributed by atoms with Crippen LogP contribution in [0.5, 0.6) is 0 Å². The molecule has 12 aromatic rings. The van der Waals surface area contributed by atoms with Crippen molar-refractivity contribution in [2.45, 2.75) is 171 Å². The summed E-state index contributed by atoms with van der Waals surface area (Å²) >= 11 is 0. The molecule has 711 valence electrons. The largest absolute Gasteiger partial charge is 1.00 e. The zero-order valence-corrected chi connectivity index (χ0v) is 81.6. The van der Waals surface area contributed by atoms with Crippen LogP contribution in [0.3, 0.4) is 0 Å². The molecule has 33 heteroatoms. The van der Waals surface area contributed by atoms with Crippen molar-refractivity contribution in [3.05, 3.63) is 333 Å². The van der Waals surface area contributed by atoms with E-state index in [1.165, 1.54) is 25.7 Å². The SMILES string of the molecule is C.CC(C)(C)OC(=O)OC(=O)OC(C)(C)C.Cc1cc(C(=O)Nc2cccc(C(c3cccnc3)N(CC3CC3)C(=O)OC(C)(C)C)c2)n(-c2cccc(CN)c2)n1.NCCNCCN.[B].[C-]#[N+]c1cccc(-n2nc(C)cc2C(=O)Nc2cccc(C(NCC3CC3)c3cccnc3)c2)c1.[C-]#[N+]c1cccc(-n2nc(C)cc2C(=O)Nc2cccc(C(NCC3CC3)c3cccnc3)c2)c1.[H-].[Na+]. The first kappa shape index (κ1) is 109. The first-order chi connectivity index (χ1) is 64.2. The van der Waals surface area contributed by atoms with Crippen LogP contribution in [-0.4, -0.2) is 156 Å². The number of aryl methyl sites for hydroxylation is 3. The van der Waals surface area contributed by atoms with E-state index in [0.717, 1.165) is 113 Å². The van der Waals surface area contributed by atoms with E-state index in [0.29, 0.717) is 89.0 Å². The van der Waals surface area contributed by atoms with Gasteiger partial charge in [-0.05, 0) is 301 Å². The third-order valence-corrected chi connectivity index (χ3v) is 20.7. The Hall–Kier alpha value is -13.4. The van der Waals surface area contributed by atoms with Crippen molar-refractivity contribution in [1.82, 2.24) is 65.1 Å². The summed E-state index contributed by atoms with van der Waals surface area (Å²) in [6, 6.07) is 61.9. The van der Waals surface area contributed by atoms with Crippen LogP contribution in [0.15, 0.2) is 237 Å². The molecular formula is C104H126BN21NaO10. The zero-order valence-electron chi connectivity index (χ0n) is 80.6. The van der Waals surface area contributed by atoms with E-state index in [9.17, 15) is 28.8 Å². The van der Waals surface area contributed by atoms with Crippen LogP contribution in [-0.2, 0) is 25.5 Å². The smallest absolute Gasteiger partial charge is 1.00 e. The fraction of sp³-hybridized carbons (Fsp3) is 0.346. The minimum absolute atomic E-state index is 0. The van der Waals surface area contributed by atoms with Gasteiger partial charge in [-0.15, -0.1) is 0 Å². The van der Waals surface area contributed by atoms with Crippen molar-refractivity contribution in [2.24, 2.45) is 35.0 Å². The van der Waals surface area contributed by atoms with Crippen molar-refractivity contribution in [2.75, 3.05) is 61.8 Å². The van der Waals surface area contributed by atoms with Crippen LogP contribution >= 0.6 is 0 Å². The number of carbonyl (C=O) groups is 6. The molecule has 15 rings (SSSR count). The molecule has 3 unspecified atom stereocenters. The van der Waals surface area contributed by atoms with E-state index >= 15 is 0 Å². The maximum Gasteiger partial charge on any atom is 1.00 e. The fourth-order valence-corrected chi connectivity index (χ4v) is 14.1. The minimum atomic E-state index is -1.06. The molecule has 3 atom stereocenters. The molecule has 0 saturated heterocycles. The quantitative estimate of drug-likeness (QED) is 0.00525. The van der Waals surface area contributed by atoms with Gasteiger partial charge in [0.05, 0.1) is 65.4 Å². The van der Waals surface area contributed by atoms with Gasteiger partial charge in [-0.3, -0.25) is 34.2 Å². The number of nitrogens with two attached hydrogens (primary N) is 3. The molecule has 3 aliphatic rings. The molecule has 0 bridgehead atoms. The summed E-state index contributed by atoms with van der Waals surface area (Å²) in [7, 11) is 0. The van der Waals surface area contributed by atoms with E-state index in [4.69, 9.17) is 44.6 Å². The molecule has 6 aromatic carbocycles. The van der Waals surface area contributed by atoms with Gasteiger partial charge in [0.15, 0.2) is 11.4 Å². The molecule has 12 N–H and O–H groups in total. The summed E-state index contributed by atoms with van der Waals surface area (Å²) in [6.07, 6.45) is 15.6. The normalized spacial score (nSPS) is 13.0. The molecule has 6 heterocycles. The van der Waals surface area contributed by atoms with Crippen LogP contribution in [0.25, 0.3) is 26.8 Å². The number of nitrogens with one attached hydrogen (secondary N) is 6. The van der Waals surface area contributed by atoms with Gasteiger partial charge in [0.2, 0.25) is 0 Å². The number of nitrogens with zero attached hydrogens (tertiary/aromatic N) is 12. The number of ether oxygens (including phenoxy) is 4. The first-order valence-corrected chi connectivity index (χ1v) is 44.8. The average Bonchev–Trinajstić information content (AvgIpc) is 0.964. The Balaban J connectivity index is 0.000000251. The first-order valence-electron chi connectivity index (χ1n) is 44.8. The average molecular weight is 1860 g/mol. The second kappa shape index (κ2) is 52.1. The molecule has 3 fully saturated rings. The van der Waals surface area contributed by atoms with Crippen LogP contribution in [0.1, 0.15) is 215 Å². The summed E-state index contributed by atoms with van der Waals surface area (Å²) in [5, 5.41) is 33.0. The second-order valence-electron chi connectivity index (χ2n) is 35.9. The second-order valence-corrected chi connectivity index (χ2v) is 35.9. The third-order valence-electron chi connectivity index (χ3n) is 20.7. The molecule has 0 spiro atoms. The van der Waals surface area contributed by atoms with Crippen LogP contribution in [0, 0.1) is 51.7 Å². The number of pyridine rings is 3. The van der Waals surface area contributed by atoms with Crippen molar-refractivity contribution in [3.8, 4) is 17.1 Å². The van der Waals surface area contributed by atoms with E-state index in [1.807, 2.05) is 175 Å². The van der Waals surface area contributed by atoms with Gasteiger partial charge in [-0.25, -0.2) is 38.1 Å². The Kier molecular flexibility index (Phi) is 41.4. The summed E-state index contributed by atoms with van der Waals surface area (Å²) in [6.45, 7) is 41.7. The number of amides is 4. The van der Waals surface area contributed by atoms with E-state index in [2.05, 4.69) is 101 Å². The predicted octanol–water partition coefficient (Wildman–Crippen LogP) is 15.7. The maximum atomic E-state index is 13.6. The molecule has 3 radical (unpaired) electrons. The Morgan fingerprint density at radius 3 is 1.15 bits per heavy atom. The van der Waals surface area contributed by atoms with E-state index < -0.39 is 35.2 Å². The number of hydrogen-bond acceptors (Lipinski definition) is 22. The van der Waals surface area contributed by atoms with E-state index in [1.54, 1.807) is 140 Å².